The van der Waals surface area contributed by atoms with E-state index in [-0.39, 0.29) is 18.1 Å². The molecule has 2 aromatic rings. The van der Waals surface area contributed by atoms with Crippen LogP contribution in [-0.4, -0.2) is 46.2 Å². The number of aryl methyl sites for hydroxylation is 1. The number of hydrogen-bond acceptors (Lipinski definition) is 3. The zero-order valence-corrected chi connectivity index (χ0v) is 15.1. The van der Waals surface area contributed by atoms with Crippen molar-refractivity contribution in [2.75, 3.05) is 19.7 Å². The second kappa shape index (κ2) is 6.82. The molecule has 146 valence electrons. The summed E-state index contributed by atoms with van der Waals surface area (Å²) in [5.41, 5.74) is 0.390. The third kappa shape index (κ3) is 3.42. The van der Waals surface area contributed by atoms with Crippen LogP contribution in [0.25, 0.3) is 11.0 Å². The molecular formula is C19H22F3N3O2. The van der Waals surface area contributed by atoms with Gasteiger partial charge in [0.2, 0.25) is 0 Å². The van der Waals surface area contributed by atoms with Crippen LogP contribution in [0.2, 0.25) is 0 Å². The second-order valence-corrected chi connectivity index (χ2v) is 7.29. The number of nitrogens with zero attached hydrogens (tertiary/aromatic N) is 3. The van der Waals surface area contributed by atoms with Crippen molar-refractivity contribution in [2.24, 2.45) is 0 Å². The number of alkyl halides is 3. The van der Waals surface area contributed by atoms with Gasteiger partial charge in [-0.1, -0.05) is 0 Å². The van der Waals surface area contributed by atoms with Crippen molar-refractivity contribution < 1.29 is 22.7 Å². The van der Waals surface area contributed by atoms with Crippen molar-refractivity contribution >= 4 is 16.9 Å². The Morgan fingerprint density at radius 3 is 2.59 bits per heavy atom. The largest absolute Gasteiger partial charge is 0.416 e. The minimum absolute atomic E-state index is 0.0629. The number of amides is 1. The first-order valence-electron chi connectivity index (χ1n) is 9.31. The summed E-state index contributed by atoms with van der Waals surface area (Å²) in [7, 11) is 0. The molecule has 0 radical (unpaired) electrons. The first kappa shape index (κ1) is 18.3. The van der Waals surface area contributed by atoms with Crippen LogP contribution in [0.1, 0.15) is 43.1 Å². The summed E-state index contributed by atoms with van der Waals surface area (Å²) in [5, 5.41) is 0. The second-order valence-electron chi connectivity index (χ2n) is 7.29. The van der Waals surface area contributed by atoms with Gasteiger partial charge in [-0.15, -0.1) is 0 Å². The predicted octanol–water partition coefficient (Wildman–Crippen LogP) is 3.71. The lowest BCUT2D eigenvalue weighted by Crippen LogP contribution is -2.44. The Morgan fingerprint density at radius 1 is 1.22 bits per heavy atom. The molecule has 0 spiro atoms. The third-order valence-electron chi connectivity index (χ3n) is 5.54. The van der Waals surface area contributed by atoms with Crippen LogP contribution in [0.15, 0.2) is 18.2 Å². The molecule has 1 atom stereocenters. The molecule has 5 nitrogen and oxygen atoms in total. The number of fused-ring (bicyclic) bond motifs is 1. The third-order valence-corrected chi connectivity index (χ3v) is 5.54. The molecule has 1 amide bonds. The van der Waals surface area contributed by atoms with E-state index in [9.17, 15) is 18.0 Å². The molecule has 3 heterocycles. The fraction of sp³-hybridized carbons (Fsp3) is 0.579. The van der Waals surface area contributed by atoms with Gasteiger partial charge in [-0.3, -0.25) is 4.79 Å². The number of benzene rings is 1. The van der Waals surface area contributed by atoms with Gasteiger partial charge in [-0.25, -0.2) is 4.98 Å². The van der Waals surface area contributed by atoms with Gasteiger partial charge in [-0.2, -0.15) is 13.2 Å². The van der Waals surface area contributed by atoms with Gasteiger partial charge < -0.3 is 14.2 Å². The van der Waals surface area contributed by atoms with Gasteiger partial charge in [0.15, 0.2) is 0 Å². The monoisotopic (exact) mass is 381 g/mol. The number of ether oxygens (including phenoxy) is 1. The SMILES string of the molecule is Cc1nc2cc(C(F)(F)F)ccc2n1C1CCN(C(=O)C2CCCO2)CC1. The number of likely N-dealkylation sites (tertiary alicyclic amines) is 1. The fourth-order valence-electron chi connectivity index (χ4n) is 4.18. The van der Waals surface area contributed by atoms with Crippen LogP contribution in [0, 0.1) is 6.92 Å². The van der Waals surface area contributed by atoms with E-state index in [2.05, 4.69) is 4.98 Å². The molecule has 0 N–H and O–H groups in total. The molecule has 0 bridgehead atoms. The molecular weight excluding hydrogens is 359 g/mol. The molecule has 8 heteroatoms. The Hall–Kier alpha value is -2.09. The number of carbonyl (C=O) groups excluding carboxylic acids is 1. The van der Waals surface area contributed by atoms with E-state index >= 15 is 0 Å². The molecule has 0 aliphatic carbocycles. The normalized spacial score (nSPS) is 21.9. The van der Waals surface area contributed by atoms with Crippen molar-refractivity contribution in [2.45, 2.75) is 50.9 Å². The summed E-state index contributed by atoms with van der Waals surface area (Å²) in [6, 6.07) is 3.84. The van der Waals surface area contributed by atoms with Crippen molar-refractivity contribution in [3.63, 3.8) is 0 Å². The van der Waals surface area contributed by atoms with Crippen LogP contribution in [0.4, 0.5) is 13.2 Å². The van der Waals surface area contributed by atoms with Gasteiger partial charge in [0.1, 0.15) is 11.9 Å². The number of carbonyl (C=O) groups is 1. The van der Waals surface area contributed by atoms with E-state index in [0.717, 1.165) is 37.8 Å². The smallest absolute Gasteiger partial charge is 0.368 e. The zero-order chi connectivity index (χ0) is 19.2. The van der Waals surface area contributed by atoms with Gasteiger partial charge in [0, 0.05) is 25.7 Å². The summed E-state index contributed by atoms with van der Waals surface area (Å²) in [6.45, 7) is 3.72. The first-order valence-corrected chi connectivity index (χ1v) is 9.31. The summed E-state index contributed by atoms with van der Waals surface area (Å²) in [4.78, 5) is 18.7. The number of halogens is 3. The van der Waals surface area contributed by atoms with E-state index in [1.54, 1.807) is 0 Å². The van der Waals surface area contributed by atoms with Crippen LogP contribution in [0.3, 0.4) is 0 Å². The lowest BCUT2D eigenvalue weighted by Gasteiger charge is -2.34. The summed E-state index contributed by atoms with van der Waals surface area (Å²) >= 11 is 0. The minimum atomic E-state index is -4.38. The molecule has 1 aromatic carbocycles. The van der Waals surface area contributed by atoms with E-state index in [4.69, 9.17) is 4.74 Å². The van der Waals surface area contributed by atoms with E-state index in [0.29, 0.717) is 36.6 Å². The first-order chi connectivity index (χ1) is 12.8. The number of aromatic nitrogens is 2. The molecule has 27 heavy (non-hydrogen) atoms. The van der Waals surface area contributed by atoms with Crippen molar-refractivity contribution in [1.82, 2.24) is 14.5 Å². The minimum Gasteiger partial charge on any atom is -0.368 e. The van der Waals surface area contributed by atoms with Crippen molar-refractivity contribution in [1.29, 1.82) is 0 Å². The highest BCUT2D eigenvalue weighted by molar-refractivity contribution is 5.81. The number of hydrogen-bond donors (Lipinski definition) is 0. The zero-order valence-electron chi connectivity index (χ0n) is 15.1. The topological polar surface area (TPSA) is 47.4 Å². The molecule has 2 fully saturated rings. The maximum atomic E-state index is 12.9. The van der Waals surface area contributed by atoms with Crippen molar-refractivity contribution in [3.05, 3.63) is 29.6 Å². The lowest BCUT2D eigenvalue weighted by atomic mass is 10.0. The van der Waals surface area contributed by atoms with Crippen LogP contribution in [-0.2, 0) is 15.7 Å². The Kier molecular flexibility index (Phi) is 4.61. The molecule has 1 unspecified atom stereocenters. The highest BCUT2D eigenvalue weighted by Gasteiger charge is 2.33. The molecule has 1 aromatic heterocycles. The predicted molar refractivity (Wildman–Crippen MR) is 93.3 cm³/mol. The van der Waals surface area contributed by atoms with Crippen LogP contribution < -0.4 is 0 Å². The van der Waals surface area contributed by atoms with Crippen LogP contribution >= 0.6 is 0 Å². The summed E-state index contributed by atoms with van der Waals surface area (Å²) < 4.78 is 46.3. The Bertz CT molecular complexity index is 848. The quantitative estimate of drug-likeness (QED) is 0.797. The van der Waals surface area contributed by atoms with Gasteiger partial charge in [0.05, 0.1) is 16.6 Å². The molecule has 4 rings (SSSR count). The molecule has 0 saturated carbocycles. The molecule has 2 aliphatic heterocycles. The summed E-state index contributed by atoms with van der Waals surface area (Å²) in [6.07, 6.45) is -1.46. The molecule has 2 aliphatic rings. The highest BCUT2D eigenvalue weighted by atomic mass is 19.4. The number of imidazole rings is 1. The van der Waals surface area contributed by atoms with Gasteiger partial charge >= 0.3 is 6.18 Å². The van der Waals surface area contributed by atoms with Gasteiger partial charge in [0.25, 0.3) is 5.91 Å². The Balaban J connectivity index is 1.52. The maximum Gasteiger partial charge on any atom is 0.416 e. The number of piperidine rings is 1. The molecule has 2 saturated heterocycles. The Morgan fingerprint density at radius 2 is 1.96 bits per heavy atom. The summed E-state index contributed by atoms with van der Waals surface area (Å²) in [5.74, 6) is 0.765. The van der Waals surface area contributed by atoms with Gasteiger partial charge in [-0.05, 0) is 50.8 Å². The van der Waals surface area contributed by atoms with E-state index in [1.165, 1.54) is 6.07 Å². The number of rotatable bonds is 2. The van der Waals surface area contributed by atoms with E-state index < -0.39 is 11.7 Å². The van der Waals surface area contributed by atoms with Crippen LogP contribution in [0.5, 0.6) is 0 Å². The standard InChI is InChI=1S/C19H22F3N3O2/c1-12-23-15-11-13(19(20,21)22)4-5-16(15)25(12)14-6-8-24(9-7-14)18(26)17-3-2-10-27-17/h4-5,11,14,17H,2-3,6-10H2,1H3. The average molecular weight is 381 g/mol. The Labute approximate surface area is 155 Å². The lowest BCUT2D eigenvalue weighted by molar-refractivity contribution is -0.142. The van der Waals surface area contributed by atoms with E-state index in [1.807, 2.05) is 16.4 Å². The average Bonchev–Trinajstić information content (AvgIpc) is 3.27. The maximum absolute atomic E-state index is 12.9. The fourth-order valence-corrected chi connectivity index (χ4v) is 4.18. The van der Waals surface area contributed by atoms with Crippen molar-refractivity contribution in [3.8, 4) is 0 Å². The highest BCUT2D eigenvalue weighted by Crippen LogP contribution is 2.34.